The summed E-state index contributed by atoms with van der Waals surface area (Å²) in [5, 5.41) is 5.31. The highest BCUT2D eigenvalue weighted by molar-refractivity contribution is 5.88. The van der Waals surface area contributed by atoms with Crippen molar-refractivity contribution < 1.29 is 14.4 Å². The quantitative estimate of drug-likeness (QED) is 0.605. The summed E-state index contributed by atoms with van der Waals surface area (Å²) in [6, 6.07) is -0.626. The zero-order chi connectivity index (χ0) is 17.6. The lowest BCUT2D eigenvalue weighted by atomic mass is 9.84. The molecule has 0 heterocycles. The van der Waals surface area contributed by atoms with E-state index in [2.05, 4.69) is 10.6 Å². The second-order valence-electron chi connectivity index (χ2n) is 6.95. The van der Waals surface area contributed by atoms with Crippen LogP contribution >= 0.6 is 0 Å². The molecule has 1 aliphatic rings. The van der Waals surface area contributed by atoms with E-state index in [0.29, 0.717) is 6.54 Å². The normalized spacial score (nSPS) is 17.7. The Morgan fingerprint density at radius 1 is 1.13 bits per heavy atom. The van der Waals surface area contributed by atoms with E-state index in [1.807, 2.05) is 13.8 Å². The molecule has 1 aliphatic carbocycles. The molecule has 1 rings (SSSR count). The van der Waals surface area contributed by atoms with Gasteiger partial charge >= 0.3 is 0 Å². The van der Waals surface area contributed by atoms with Gasteiger partial charge in [0.2, 0.25) is 17.7 Å². The highest BCUT2D eigenvalue weighted by Crippen LogP contribution is 2.38. The number of hydrogen-bond donors (Lipinski definition) is 3. The maximum atomic E-state index is 12.4. The number of amides is 3. The molecule has 4 N–H and O–H groups in total. The van der Waals surface area contributed by atoms with E-state index in [0.717, 1.165) is 25.7 Å². The molecule has 7 nitrogen and oxygen atoms in total. The minimum absolute atomic E-state index is 0.0116. The van der Waals surface area contributed by atoms with Crippen LogP contribution in [0.1, 0.15) is 39.5 Å². The van der Waals surface area contributed by atoms with Crippen LogP contribution in [0, 0.1) is 11.3 Å². The van der Waals surface area contributed by atoms with Gasteiger partial charge in [0.15, 0.2) is 0 Å². The molecule has 1 fully saturated rings. The van der Waals surface area contributed by atoms with Crippen LogP contribution < -0.4 is 16.4 Å². The van der Waals surface area contributed by atoms with Crippen molar-refractivity contribution in [3.05, 3.63) is 0 Å². The molecule has 132 valence electrons. The van der Waals surface area contributed by atoms with Crippen molar-refractivity contribution in [3.8, 4) is 0 Å². The van der Waals surface area contributed by atoms with Crippen LogP contribution in [-0.4, -0.2) is 55.8 Å². The number of carbonyl (C=O) groups is 3. The number of nitrogens with two attached hydrogens (primary N) is 1. The fraction of sp³-hybridized carbons (Fsp3) is 0.812. The first-order chi connectivity index (χ1) is 10.7. The molecule has 0 saturated heterocycles. The molecule has 1 atom stereocenters. The van der Waals surface area contributed by atoms with E-state index in [4.69, 9.17) is 5.73 Å². The standard InChI is InChI=1S/C16H30N4O3/c1-11(2)13(17)14(22)18-9-12(21)19-10-16(7-5-6-8-16)15(23)20(3)4/h11,13H,5-10,17H2,1-4H3,(H,18,22)(H,19,21)/t13-/m0/s1. The fourth-order valence-electron chi connectivity index (χ4n) is 2.91. The Balaban J connectivity index is 2.48. The third-order valence-electron chi connectivity index (χ3n) is 4.49. The summed E-state index contributed by atoms with van der Waals surface area (Å²) in [5.74, 6) is -0.569. The second kappa shape index (κ2) is 8.29. The van der Waals surface area contributed by atoms with Gasteiger partial charge in [-0.15, -0.1) is 0 Å². The smallest absolute Gasteiger partial charge is 0.239 e. The average molecular weight is 326 g/mol. The Kier molecular flexibility index (Phi) is 7.00. The zero-order valence-electron chi connectivity index (χ0n) is 14.6. The summed E-state index contributed by atoms with van der Waals surface area (Å²) in [7, 11) is 3.47. The summed E-state index contributed by atoms with van der Waals surface area (Å²) in [6.45, 7) is 3.89. The molecule has 3 amide bonds. The van der Waals surface area contributed by atoms with Crippen molar-refractivity contribution in [2.75, 3.05) is 27.2 Å². The van der Waals surface area contributed by atoms with Gasteiger partial charge in [-0.25, -0.2) is 0 Å². The maximum Gasteiger partial charge on any atom is 0.239 e. The third kappa shape index (κ3) is 5.20. The zero-order valence-corrected chi connectivity index (χ0v) is 14.6. The number of rotatable bonds is 7. The van der Waals surface area contributed by atoms with Crippen LogP contribution in [0.25, 0.3) is 0 Å². The summed E-state index contributed by atoms with van der Waals surface area (Å²) < 4.78 is 0. The number of nitrogens with one attached hydrogen (secondary N) is 2. The minimum Gasteiger partial charge on any atom is -0.353 e. The van der Waals surface area contributed by atoms with Crippen molar-refractivity contribution in [1.29, 1.82) is 0 Å². The molecule has 0 unspecified atom stereocenters. The number of nitrogens with zero attached hydrogens (tertiary/aromatic N) is 1. The molecule has 0 radical (unpaired) electrons. The molecular weight excluding hydrogens is 296 g/mol. The Bertz CT molecular complexity index is 443. The largest absolute Gasteiger partial charge is 0.353 e. The maximum absolute atomic E-state index is 12.4. The SMILES string of the molecule is CC(C)[C@H](N)C(=O)NCC(=O)NCC1(C(=O)N(C)C)CCCC1. The monoisotopic (exact) mass is 326 g/mol. The van der Waals surface area contributed by atoms with Gasteiger partial charge in [-0.1, -0.05) is 26.7 Å². The minimum atomic E-state index is -0.626. The lowest BCUT2D eigenvalue weighted by Crippen LogP contribution is -2.50. The van der Waals surface area contributed by atoms with Gasteiger partial charge in [-0.2, -0.15) is 0 Å². The van der Waals surface area contributed by atoms with Gasteiger partial charge in [-0.05, 0) is 18.8 Å². The van der Waals surface area contributed by atoms with E-state index in [9.17, 15) is 14.4 Å². The lowest BCUT2D eigenvalue weighted by molar-refractivity contribution is -0.139. The van der Waals surface area contributed by atoms with Crippen molar-refractivity contribution in [2.45, 2.75) is 45.6 Å². The Morgan fingerprint density at radius 3 is 2.17 bits per heavy atom. The van der Waals surface area contributed by atoms with Crippen molar-refractivity contribution in [1.82, 2.24) is 15.5 Å². The fourth-order valence-corrected chi connectivity index (χ4v) is 2.91. The van der Waals surface area contributed by atoms with Gasteiger partial charge in [0.05, 0.1) is 18.0 Å². The van der Waals surface area contributed by atoms with Gasteiger partial charge in [0, 0.05) is 20.6 Å². The summed E-state index contributed by atoms with van der Waals surface area (Å²) in [4.78, 5) is 37.7. The van der Waals surface area contributed by atoms with Crippen molar-refractivity contribution >= 4 is 17.7 Å². The molecular formula is C16H30N4O3. The third-order valence-corrected chi connectivity index (χ3v) is 4.49. The lowest BCUT2D eigenvalue weighted by Gasteiger charge is -2.30. The van der Waals surface area contributed by atoms with E-state index < -0.39 is 11.5 Å². The summed E-state index contributed by atoms with van der Waals surface area (Å²) in [6.07, 6.45) is 3.56. The Labute approximate surface area is 138 Å². The predicted molar refractivity (Wildman–Crippen MR) is 88.4 cm³/mol. The van der Waals surface area contributed by atoms with Crippen LogP contribution in [0.3, 0.4) is 0 Å². The van der Waals surface area contributed by atoms with Gasteiger partial charge < -0.3 is 21.3 Å². The number of hydrogen-bond acceptors (Lipinski definition) is 4. The van der Waals surface area contributed by atoms with Crippen LogP contribution in [-0.2, 0) is 14.4 Å². The first-order valence-corrected chi connectivity index (χ1v) is 8.21. The van der Waals surface area contributed by atoms with Gasteiger partial charge in [0.25, 0.3) is 0 Å². The first kappa shape index (κ1) is 19.4. The molecule has 0 spiro atoms. The average Bonchev–Trinajstić information content (AvgIpc) is 2.98. The summed E-state index contributed by atoms with van der Waals surface area (Å²) in [5.41, 5.74) is 5.22. The molecule has 0 bridgehead atoms. The van der Waals surface area contributed by atoms with Gasteiger partial charge in [0.1, 0.15) is 0 Å². The molecule has 0 aromatic carbocycles. The molecule has 7 heteroatoms. The Hall–Kier alpha value is -1.63. The topological polar surface area (TPSA) is 105 Å². The van der Waals surface area contributed by atoms with E-state index in [-0.39, 0.29) is 30.2 Å². The number of carbonyl (C=O) groups excluding carboxylic acids is 3. The summed E-state index contributed by atoms with van der Waals surface area (Å²) >= 11 is 0. The van der Waals surface area contributed by atoms with E-state index in [1.165, 1.54) is 0 Å². The van der Waals surface area contributed by atoms with Crippen LogP contribution in [0.15, 0.2) is 0 Å². The molecule has 0 aliphatic heterocycles. The molecule has 0 aromatic heterocycles. The second-order valence-corrected chi connectivity index (χ2v) is 6.95. The van der Waals surface area contributed by atoms with E-state index in [1.54, 1.807) is 19.0 Å². The van der Waals surface area contributed by atoms with Crippen molar-refractivity contribution in [2.24, 2.45) is 17.1 Å². The highest BCUT2D eigenvalue weighted by atomic mass is 16.2. The van der Waals surface area contributed by atoms with E-state index >= 15 is 0 Å². The van der Waals surface area contributed by atoms with Gasteiger partial charge in [-0.3, -0.25) is 14.4 Å². The van der Waals surface area contributed by atoms with Crippen molar-refractivity contribution in [3.63, 3.8) is 0 Å². The molecule has 23 heavy (non-hydrogen) atoms. The molecule has 1 saturated carbocycles. The predicted octanol–water partition coefficient (Wildman–Crippen LogP) is -0.149. The van der Waals surface area contributed by atoms with Crippen LogP contribution in [0.2, 0.25) is 0 Å². The first-order valence-electron chi connectivity index (χ1n) is 8.21. The molecule has 0 aromatic rings. The van der Waals surface area contributed by atoms with Crippen LogP contribution in [0.4, 0.5) is 0 Å². The Morgan fingerprint density at radius 2 is 1.70 bits per heavy atom. The van der Waals surface area contributed by atoms with Crippen LogP contribution in [0.5, 0.6) is 0 Å². The highest BCUT2D eigenvalue weighted by Gasteiger charge is 2.42.